The predicted octanol–water partition coefficient (Wildman–Crippen LogP) is 1.76. The van der Waals surface area contributed by atoms with E-state index in [9.17, 15) is 4.79 Å². The van der Waals surface area contributed by atoms with Gasteiger partial charge in [-0.3, -0.25) is 4.79 Å². The molecule has 4 rings (SSSR count). The fraction of sp³-hybridized carbons (Fsp3) is 0.706. The Morgan fingerprint density at radius 1 is 1.43 bits per heavy atom. The van der Waals surface area contributed by atoms with Crippen LogP contribution in [-0.2, 0) is 9.53 Å². The van der Waals surface area contributed by atoms with Gasteiger partial charge in [-0.2, -0.15) is 5.10 Å². The molecule has 1 N–H and O–H groups in total. The maximum Gasteiger partial charge on any atom is 0.222 e. The Balaban J connectivity index is 1.32. The summed E-state index contributed by atoms with van der Waals surface area (Å²) < 4.78 is 6.11. The summed E-state index contributed by atoms with van der Waals surface area (Å²) in [6.07, 6.45) is 5.06. The number of nitrogens with zero attached hydrogens (tertiary/aromatic N) is 3. The van der Waals surface area contributed by atoms with Gasteiger partial charge < -0.3 is 15.0 Å². The smallest absolute Gasteiger partial charge is 0.222 e. The lowest BCUT2D eigenvalue weighted by molar-refractivity contribution is -0.131. The number of ether oxygens (including phenoxy) is 1. The number of carbonyl (C=O) groups excluding carboxylic acids is 1. The van der Waals surface area contributed by atoms with E-state index in [0.717, 1.165) is 43.9 Å². The largest absolute Gasteiger partial charge is 0.371 e. The topological polar surface area (TPSA) is 67.3 Å². The molecule has 3 aliphatic rings. The van der Waals surface area contributed by atoms with Gasteiger partial charge in [0.15, 0.2) is 0 Å². The van der Waals surface area contributed by atoms with Crippen LogP contribution in [0.25, 0.3) is 0 Å². The van der Waals surface area contributed by atoms with Crippen LogP contribution in [0.5, 0.6) is 0 Å². The minimum Gasteiger partial charge on any atom is -0.371 e. The molecule has 124 valence electrons. The maximum absolute atomic E-state index is 12.3. The van der Waals surface area contributed by atoms with Gasteiger partial charge in [0.2, 0.25) is 5.91 Å². The summed E-state index contributed by atoms with van der Waals surface area (Å²) in [6, 6.07) is 4.15. The normalized spacial score (nSPS) is 30.1. The van der Waals surface area contributed by atoms with Crippen LogP contribution >= 0.6 is 0 Å². The van der Waals surface area contributed by atoms with Crippen molar-refractivity contribution in [3.63, 3.8) is 0 Å². The van der Waals surface area contributed by atoms with Gasteiger partial charge in [-0.25, -0.2) is 0 Å². The van der Waals surface area contributed by atoms with Crippen molar-refractivity contribution in [2.24, 2.45) is 5.92 Å². The van der Waals surface area contributed by atoms with Crippen LogP contribution in [0.3, 0.4) is 0 Å². The highest BCUT2D eigenvalue weighted by atomic mass is 16.5. The average Bonchev–Trinajstić information content (AvgIpc) is 3.12. The summed E-state index contributed by atoms with van der Waals surface area (Å²) in [4.78, 5) is 14.3. The molecule has 1 amide bonds. The molecule has 1 aromatic heterocycles. The molecule has 0 bridgehead atoms. The monoisotopic (exact) mass is 316 g/mol. The zero-order chi connectivity index (χ0) is 15.9. The third kappa shape index (κ3) is 3.32. The predicted molar refractivity (Wildman–Crippen MR) is 86.0 cm³/mol. The molecule has 2 atom stereocenters. The Kier molecular flexibility index (Phi) is 3.71. The average molecular weight is 316 g/mol. The van der Waals surface area contributed by atoms with Crippen LogP contribution in [0, 0.1) is 12.8 Å². The van der Waals surface area contributed by atoms with Gasteiger partial charge in [-0.15, -0.1) is 5.10 Å². The number of carbonyl (C=O) groups is 1. The minimum atomic E-state index is -0.158. The molecule has 1 spiro atoms. The second kappa shape index (κ2) is 5.74. The molecule has 1 aromatic rings. The van der Waals surface area contributed by atoms with Crippen LogP contribution in [-0.4, -0.2) is 52.3 Å². The molecule has 23 heavy (non-hydrogen) atoms. The zero-order valence-electron chi connectivity index (χ0n) is 13.6. The van der Waals surface area contributed by atoms with E-state index in [4.69, 9.17) is 4.74 Å². The van der Waals surface area contributed by atoms with Gasteiger partial charge >= 0.3 is 0 Å². The number of anilines is 1. The SMILES string of the molecule is Cc1ccc(N[C@@H]2CO[C@]3(CCN(C(=O)CC4CC4)C3)C2)nn1. The van der Waals surface area contributed by atoms with Crippen molar-refractivity contribution in [2.75, 3.05) is 25.0 Å². The minimum absolute atomic E-state index is 0.158. The molecular formula is C17H24N4O2. The highest BCUT2D eigenvalue weighted by Crippen LogP contribution is 2.38. The number of rotatable bonds is 4. The van der Waals surface area contributed by atoms with Crippen LogP contribution in [0.1, 0.15) is 37.8 Å². The fourth-order valence-electron chi connectivity index (χ4n) is 3.66. The van der Waals surface area contributed by atoms with E-state index in [2.05, 4.69) is 15.5 Å². The summed E-state index contributed by atoms with van der Waals surface area (Å²) in [5, 5.41) is 11.6. The third-order valence-electron chi connectivity index (χ3n) is 5.19. The van der Waals surface area contributed by atoms with Gasteiger partial charge in [0.1, 0.15) is 5.82 Å². The van der Waals surface area contributed by atoms with Crippen LogP contribution in [0.4, 0.5) is 5.82 Å². The molecule has 0 aromatic carbocycles. The standard InChI is InChI=1S/C17H24N4O2/c1-12-2-5-15(20-19-12)18-14-9-17(23-10-14)6-7-21(11-17)16(22)8-13-3-4-13/h2,5,13-14H,3-4,6-11H2,1H3,(H,18,20)/t14-,17+/m0/s1. The molecule has 6 nitrogen and oxygen atoms in total. The van der Waals surface area contributed by atoms with E-state index >= 15 is 0 Å². The number of nitrogens with one attached hydrogen (secondary N) is 1. The van der Waals surface area contributed by atoms with Crippen LogP contribution in [0.15, 0.2) is 12.1 Å². The summed E-state index contributed by atoms with van der Waals surface area (Å²) in [7, 11) is 0. The van der Waals surface area contributed by atoms with Crippen LogP contribution in [0.2, 0.25) is 0 Å². The first-order chi connectivity index (χ1) is 11.1. The molecular weight excluding hydrogens is 292 g/mol. The van der Waals surface area contributed by atoms with Crippen molar-refractivity contribution < 1.29 is 9.53 Å². The Bertz CT molecular complexity index is 587. The first-order valence-corrected chi connectivity index (χ1v) is 8.61. The van der Waals surface area contributed by atoms with E-state index in [1.165, 1.54) is 12.8 Å². The Hall–Kier alpha value is -1.69. The van der Waals surface area contributed by atoms with Gasteiger partial charge in [0.05, 0.1) is 23.9 Å². The number of aromatic nitrogens is 2. The molecule has 6 heteroatoms. The number of amides is 1. The second-order valence-electron chi connectivity index (χ2n) is 7.31. The van der Waals surface area contributed by atoms with E-state index in [1.807, 2.05) is 24.0 Å². The number of aryl methyl sites for hydroxylation is 1. The summed E-state index contributed by atoms with van der Waals surface area (Å²) in [6.45, 7) is 4.18. The summed E-state index contributed by atoms with van der Waals surface area (Å²) in [5.74, 6) is 1.76. The quantitative estimate of drug-likeness (QED) is 0.917. The molecule has 3 heterocycles. The summed E-state index contributed by atoms with van der Waals surface area (Å²) >= 11 is 0. The van der Waals surface area contributed by atoms with E-state index in [1.54, 1.807) is 0 Å². The lowest BCUT2D eigenvalue weighted by Crippen LogP contribution is -2.36. The van der Waals surface area contributed by atoms with Crippen molar-refractivity contribution >= 4 is 11.7 Å². The van der Waals surface area contributed by atoms with Gasteiger partial charge in [0, 0.05) is 25.9 Å². The number of hydrogen-bond donors (Lipinski definition) is 1. The Morgan fingerprint density at radius 3 is 3.04 bits per heavy atom. The zero-order valence-corrected chi connectivity index (χ0v) is 13.6. The molecule has 0 radical (unpaired) electrons. The highest BCUT2D eigenvalue weighted by Gasteiger charge is 2.47. The van der Waals surface area contributed by atoms with Gasteiger partial charge in [-0.05, 0) is 44.2 Å². The van der Waals surface area contributed by atoms with E-state index < -0.39 is 0 Å². The highest BCUT2D eigenvalue weighted by molar-refractivity contribution is 5.77. The van der Waals surface area contributed by atoms with Crippen LogP contribution < -0.4 is 5.32 Å². The van der Waals surface area contributed by atoms with E-state index in [0.29, 0.717) is 18.4 Å². The maximum atomic E-state index is 12.3. The second-order valence-corrected chi connectivity index (χ2v) is 7.31. The molecule has 1 aliphatic carbocycles. The fourth-order valence-corrected chi connectivity index (χ4v) is 3.66. The van der Waals surface area contributed by atoms with Crippen molar-refractivity contribution in [2.45, 2.75) is 50.7 Å². The first-order valence-electron chi connectivity index (χ1n) is 8.61. The number of likely N-dealkylation sites (tertiary alicyclic amines) is 1. The summed E-state index contributed by atoms with van der Waals surface area (Å²) in [5.41, 5.74) is 0.755. The lowest BCUT2D eigenvalue weighted by atomic mass is 9.97. The molecule has 2 saturated heterocycles. The number of hydrogen-bond acceptors (Lipinski definition) is 5. The molecule has 1 saturated carbocycles. The van der Waals surface area contributed by atoms with Crippen molar-refractivity contribution in [1.82, 2.24) is 15.1 Å². The van der Waals surface area contributed by atoms with Gasteiger partial charge in [0.25, 0.3) is 0 Å². The Morgan fingerprint density at radius 2 is 2.30 bits per heavy atom. The lowest BCUT2D eigenvalue weighted by Gasteiger charge is -2.23. The van der Waals surface area contributed by atoms with Crippen molar-refractivity contribution in [1.29, 1.82) is 0 Å². The molecule has 2 aliphatic heterocycles. The third-order valence-corrected chi connectivity index (χ3v) is 5.19. The van der Waals surface area contributed by atoms with Gasteiger partial charge in [-0.1, -0.05) is 0 Å². The van der Waals surface area contributed by atoms with E-state index in [-0.39, 0.29) is 11.6 Å². The molecule has 0 unspecified atom stereocenters. The van der Waals surface area contributed by atoms with Crippen molar-refractivity contribution in [3.8, 4) is 0 Å². The van der Waals surface area contributed by atoms with Crippen molar-refractivity contribution in [3.05, 3.63) is 17.8 Å². The Labute approximate surface area is 136 Å². The first kappa shape index (κ1) is 14.9. The molecule has 3 fully saturated rings.